The number of halogens is 1. The standard InChI is InChI=1S/C20H28ClN5O/c1-15-14-16(2)26(24-15)18-9-8-17(21)19(23-18)20(27)22-10-7-13-25-11-5-3-4-6-12-25/h8-9,14H,3-7,10-13H2,1-2H3,(H,22,27). The number of carbonyl (C=O) groups is 1. The molecule has 0 radical (unpaired) electrons. The van der Waals surface area contributed by atoms with Gasteiger partial charge in [0.05, 0.1) is 10.7 Å². The monoisotopic (exact) mass is 389 g/mol. The quantitative estimate of drug-likeness (QED) is 0.767. The molecule has 1 N–H and O–H groups in total. The molecular weight excluding hydrogens is 362 g/mol. The number of hydrogen-bond donors (Lipinski definition) is 1. The van der Waals surface area contributed by atoms with Crippen LogP contribution in [-0.4, -0.2) is 51.8 Å². The normalized spacial score (nSPS) is 15.5. The molecule has 146 valence electrons. The molecule has 0 unspecified atom stereocenters. The topological polar surface area (TPSA) is 63.1 Å². The molecule has 1 amide bonds. The number of pyridine rings is 1. The van der Waals surface area contributed by atoms with E-state index >= 15 is 0 Å². The van der Waals surface area contributed by atoms with E-state index < -0.39 is 0 Å². The van der Waals surface area contributed by atoms with Crippen LogP contribution < -0.4 is 5.32 Å². The Kier molecular flexibility index (Phi) is 6.85. The SMILES string of the molecule is Cc1cc(C)n(-c2ccc(Cl)c(C(=O)NCCCN3CCCCCC3)n2)n1. The Balaban J connectivity index is 1.57. The average molecular weight is 390 g/mol. The van der Waals surface area contributed by atoms with Crippen LogP contribution in [0, 0.1) is 13.8 Å². The molecule has 1 saturated heterocycles. The summed E-state index contributed by atoms with van der Waals surface area (Å²) < 4.78 is 1.72. The number of nitrogens with zero attached hydrogens (tertiary/aromatic N) is 4. The Labute approximate surface area is 165 Å². The second kappa shape index (κ2) is 9.33. The van der Waals surface area contributed by atoms with E-state index in [1.807, 2.05) is 19.9 Å². The highest BCUT2D eigenvalue weighted by molar-refractivity contribution is 6.33. The second-order valence-corrected chi connectivity index (χ2v) is 7.61. The Hall–Kier alpha value is -1.92. The van der Waals surface area contributed by atoms with Crippen LogP contribution in [0.25, 0.3) is 5.82 Å². The largest absolute Gasteiger partial charge is 0.351 e. The van der Waals surface area contributed by atoms with Crippen molar-refractivity contribution in [2.75, 3.05) is 26.2 Å². The lowest BCUT2D eigenvalue weighted by Gasteiger charge is -2.19. The van der Waals surface area contributed by atoms with E-state index in [0.29, 0.717) is 17.4 Å². The molecule has 0 spiro atoms. The first kappa shape index (κ1) is 19.8. The van der Waals surface area contributed by atoms with E-state index in [0.717, 1.165) is 24.4 Å². The highest BCUT2D eigenvalue weighted by atomic mass is 35.5. The Morgan fingerprint density at radius 3 is 2.59 bits per heavy atom. The van der Waals surface area contributed by atoms with E-state index in [-0.39, 0.29) is 11.6 Å². The van der Waals surface area contributed by atoms with Gasteiger partial charge in [0.15, 0.2) is 5.82 Å². The van der Waals surface area contributed by atoms with Crippen LogP contribution in [0.3, 0.4) is 0 Å². The van der Waals surface area contributed by atoms with Crippen molar-refractivity contribution in [3.63, 3.8) is 0 Å². The number of likely N-dealkylation sites (tertiary alicyclic amines) is 1. The van der Waals surface area contributed by atoms with Crippen molar-refractivity contribution in [3.05, 3.63) is 40.3 Å². The van der Waals surface area contributed by atoms with Crippen LogP contribution in [0.1, 0.15) is 54.0 Å². The maximum absolute atomic E-state index is 12.5. The molecule has 0 aromatic carbocycles. The summed E-state index contributed by atoms with van der Waals surface area (Å²) in [4.78, 5) is 19.5. The zero-order valence-corrected chi connectivity index (χ0v) is 16.9. The molecule has 3 rings (SSSR count). The minimum Gasteiger partial charge on any atom is -0.351 e. The Morgan fingerprint density at radius 1 is 1.19 bits per heavy atom. The van der Waals surface area contributed by atoms with Gasteiger partial charge in [-0.1, -0.05) is 24.4 Å². The molecule has 1 aliphatic heterocycles. The van der Waals surface area contributed by atoms with Crippen molar-refractivity contribution in [1.82, 2.24) is 25.0 Å². The van der Waals surface area contributed by atoms with Gasteiger partial charge in [-0.15, -0.1) is 0 Å². The molecule has 3 heterocycles. The molecule has 2 aromatic heterocycles. The lowest BCUT2D eigenvalue weighted by Crippen LogP contribution is -2.31. The van der Waals surface area contributed by atoms with Crippen molar-refractivity contribution in [2.45, 2.75) is 46.0 Å². The number of nitrogens with one attached hydrogen (secondary N) is 1. The molecule has 6 nitrogen and oxygen atoms in total. The van der Waals surface area contributed by atoms with Gasteiger partial charge in [-0.2, -0.15) is 5.10 Å². The Morgan fingerprint density at radius 2 is 1.93 bits per heavy atom. The summed E-state index contributed by atoms with van der Waals surface area (Å²) in [6.45, 7) is 7.87. The number of hydrogen-bond acceptors (Lipinski definition) is 4. The van der Waals surface area contributed by atoms with Crippen LogP contribution in [-0.2, 0) is 0 Å². The summed E-state index contributed by atoms with van der Waals surface area (Å²) in [5.74, 6) is 0.360. The summed E-state index contributed by atoms with van der Waals surface area (Å²) >= 11 is 6.21. The molecule has 2 aromatic rings. The van der Waals surface area contributed by atoms with E-state index in [1.54, 1.807) is 16.8 Å². The van der Waals surface area contributed by atoms with Crippen LogP contribution in [0.5, 0.6) is 0 Å². The van der Waals surface area contributed by atoms with Gasteiger partial charge < -0.3 is 10.2 Å². The Bertz CT molecular complexity index is 781. The van der Waals surface area contributed by atoms with E-state index in [2.05, 4.69) is 20.3 Å². The van der Waals surface area contributed by atoms with Gasteiger partial charge in [0.25, 0.3) is 5.91 Å². The highest BCUT2D eigenvalue weighted by Crippen LogP contribution is 2.18. The van der Waals surface area contributed by atoms with Crippen molar-refractivity contribution in [3.8, 4) is 5.82 Å². The highest BCUT2D eigenvalue weighted by Gasteiger charge is 2.15. The second-order valence-electron chi connectivity index (χ2n) is 7.20. The smallest absolute Gasteiger partial charge is 0.271 e. The zero-order valence-electron chi connectivity index (χ0n) is 16.2. The number of rotatable bonds is 6. The zero-order chi connectivity index (χ0) is 19.2. The van der Waals surface area contributed by atoms with Crippen molar-refractivity contribution >= 4 is 17.5 Å². The fraction of sp³-hybridized carbons (Fsp3) is 0.550. The molecule has 7 heteroatoms. The van der Waals surface area contributed by atoms with E-state index in [9.17, 15) is 4.79 Å². The molecule has 1 fully saturated rings. The lowest BCUT2D eigenvalue weighted by molar-refractivity contribution is 0.0946. The lowest BCUT2D eigenvalue weighted by atomic mass is 10.2. The van der Waals surface area contributed by atoms with Gasteiger partial charge in [0.1, 0.15) is 5.69 Å². The van der Waals surface area contributed by atoms with Crippen molar-refractivity contribution in [2.24, 2.45) is 0 Å². The summed E-state index contributed by atoms with van der Waals surface area (Å²) in [7, 11) is 0. The molecule has 0 aliphatic carbocycles. The van der Waals surface area contributed by atoms with Gasteiger partial charge in [0.2, 0.25) is 0 Å². The first-order valence-electron chi connectivity index (χ1n) is 9.75. The average Bonchev–Trinajstić information content (AvgIpc) is 2.84. The molecule has 0 saturated carbocycles. The third-order valence-corrected chi connectivity index (χ3v) is 5.21. The van der Waals surface area contributed by atoms with Gasteiger partial charge >= 0.3 is 0 Å². The van der Waals surface area contributed by atoms with Crippen LogP contribution in [0.2, 0.25) is 5.02 Å². The van der Waals surface area contributed by atoms with Gasteiger partial charge in [-0.25, -0.2) is 9.67 Å². The first-order valence-corrected chi connectivity index (χ1v) is 10.1. The third kappa shape index (κ3) is 5.30. The molecule has 0 atom stereocenters. The molecule has 0 bridgehead atoms. The van der Waals surface area contributed by atoms with Crippen LogP contribution in [0.4, 0.5) is 0 Å². The minimum atomic E-state index is -0.237. The van der Waals surface area contributed by atoms with Crippen molar-refractivity contribution in [1.29, 1.82) is 0 Å². The fourth-order valence-corrected chi connectivity index (χ4v) is 3.71. The summed E-state index contributed by atoms with van der Waals surface area (Å²) in [6, 6.07) is 5.45. The predicted molar refractivity (Wildman–Crippen MR) is 108 cm³/mol. The summed E-state index contributed by atoms with van der Waals surface area (Å²) in [5.41, 5.74) is 2.12. The van der Waals surface area contributed by atoms with Gasteiger partial charge in [-0.05, 0) is 70.9 Å². The summed E-state index contributed by atoms with van der Waals surface area (Å²) in [6.07, 6.45) is 6.17. The number of amides is 1. The number of aromatic nitrogens is 3. The van der Waals surface area contributed by atoms with Gasteiger partial charge in [0, 0.05) is 12.2 Å². The number of carbonyl (C=O) groups excluding carboxylic acids is 1. The van der Waals surface area contributed by atoms with Crippen LogP contribution in [0.15, 0.2) is 18.2 Å². The maximum atomic E-state index is 12.5. The van der Waals surface area contributed by atoms with Crippen LogP contribution >= 0.6 is 11.6 Å². The third-order valence-electron chi connectivity index (χ3n) is 4.91. The minimum absolute atomic E-state index is 0.237. The molecular formula is C20H28ClN5O. The molecule has 27 heavy (non-hydrogen) atoms. The van der Waals surface area contributed by atoms with Crippen molar-refractivity contribution < 1.29 is 4.79 Å². The fourth-order valence-electron chi connectivity index (χ4n) is 3.52. The summed E-state index contributed by atoms with van der Waals surface area (Å²) in [5, 5.41) is 7.72. The maximum Gasteiger partial charge on any atom is 0.271 e. The first-order chi connectivity index (χ1) is 13.0. The van der Waals surface area contributed by atoms with Gasteiger partial charge in [-0.3, -0.25) is 4.79 Å². The van der Waals surface area contributed by atoms with E-state index in [4.69, 9.17) is 11.6 Å². The van der Waals surface area contributed by atoms with E-state index in [1.165, 1.54) is 38.8 Å². The predicted octanol–water partition coefficient (Wildman–Crippen LogP) is 3.53. The number of aryl methyl sites for hydroxylation is 2. The molecule has 1 aliphatic rings.